The summed E-state index contributed by atoms with van der Waals surface area (Å²) in [6, 6.07) is 3.19. The van der Waals surface area contributed by atoms with Gasteiger partial charge in [-0.15, -0.1) is 11.3 Å². The van der Waals surface area contributed by atoms with Crippen molar-refractivity contribution >= 4 is 23.2 Å². The summed E-state index contributed by atoms with van der Waals surface area (Å²) < 4.78 is 4.92. The normalized spacial score (nSPS) is 33.6. The maximum absolute atomic E-state index is 11.8. The number of hydrogen-bond donors (Lipinski definition) is 5. The summed E-state index contributed by atoms with van der Waals surface area (Å²) in [6.07, 6.45) is -8.31. The Kier molecular flexibility index (Phi) is 4.35. The molecule has 0 aliphatic carbocycles. The van der Waals surface area contributed by atoms with Gasteiger partial charge in [-0.1, -0.05) is 6.07 Å². The number of rotatable bonds is 3. The molecule has 1 amide bonds. The smallest absolute Gasteiger partial charge is 0.335 e. The molecule has 8 nitrogen and oxygen atoms in total. The van der Waals surface area contributed by atoms with Crippen LogP contribution in [0.5, 0.6) is 0 Å². The number of ether oxygens (including phenoxy) is 1. The average Bonchev–Trinajstić information content (AvgIpc) is 2.93. The molecule has 0 saturated carbocycles. The van der Waals surface area contributed by atoms with Crippen molar-refractivity contribution in [1.82, 2.24) is 5.32 Å². The van der Waals surface area contributed by atoms with Gasteiger partial charge in [0.15, 0.2) is 12.3 Å². The third-order valence-corrected chi connectivity index (χ3v) is 3.74. The van der Waals surface area contributed by atoms with Gasteiger partial charge in [-0.05, 0) is 11.4 Å². The predicted molar refractivity (Wildman–Crippen MR) is 66.1 cm³/mol. The number of carbonyl (C=O) groups excluding carboxylic acids is 1. The van der Waals surface area contributed by atoms with E-state index in [0.717, 1.165) is 11.3 Å². The minimum absolute atomic E-state index is 0.341. The van der Waals surface area contributed by atoms with Gasteiger partial charge in [0.1, 0.15) is 18.3 Å². The van der Waals surface area contributed by atoms with Gasteiger partial charge in [-0.25, -0.2) is 4.79 Å². The molecule has 1 saturated heterocycles. The van der Waals surface area contributed by atoms with Crippen molar-refractivity contribution in [3.63, 3.8) is 0 Å². The van der Waals surface area contributed by atoms with E-state index in [1.807, 2.05) is 0 Å². The lowest BCUT2D eigenvalue weighted by Gasteiger charge is -2.38. The second kappa shape index (κ2) is 5.85. The minimum Gasteiger partial charge on any atom is -0.479 e. The number of aliphatic hydroxyl groups excluding tert-OH is 3. The van der Waals surface area contributed by atoms with Gasteiger partial charge in [0.05, 0.1) is 4.88 Å². The maximum atomic E-state index is 11.8. The molecule has 1 aliphatic rings. The highest BCUT2D eigenvalue weighted by Crippen LogP contribution is 2.21. The van der Waals surface area contributed by atoms with Crippen LogP contribution in [-0.4, -0.2) is 62.9 Å². The number of aliphatic carboxylic acids is 1. The number of amides is 1. The van der Waals surface area contributed by atoms with E-state index in [1.165, 1.54) is 6.07 Å². The van der Waals surface area contributed by atoms with Gasteiger partial charge in [-0.2, -0.15) is 0 Å². The average molecular weight is 303 g/mol. The van der Waals surface area contributed by atoms with Crippen LogP contribution in [-0.2, 0) is 9.53 Å². The van der Waals surface area contributed by atoms with Crippen molar-refractivity contribution < 1.29 is 34.8 Å². The van der Waals surface area contributed by atoms with Gasteiger partial charge in [0.2, 0.25) is 0 Å². The number of hydrogen-bond acceptors (Lipinski definition) is 7. The molecule has 2 heterocycles. The number of carbonyl (C=O) groups is 2. The lowest BCUT2D eigenvalue weighted by atomic mass is 9.98. The molecule has 110 valence electrons. The first kappa shape index (κ1) is 14.9. The van der Waals surface area contributed by atoms with E-state index >= 15 is 0 Å². The molecule has 0 bridgehead atoms. The lowest BCUT2D eigenvalue weighted by Crippen LogP contribution is -2.64. The minimum atomic E-state index is -1.78. The van der Waals surface area contributed by atoms with E-state index in [-0.39, 0.29) is 0 Å². The van der Waals surface area contributed by atoms with Crippen molar-refractivity contribution in [3.05, 3.63) is 22.4 Å². The Bertz CT molecular complexity index is 491. The fraction of sp³-hybridized carbons (Fsp3) is 0.455. The first-order valence-electron chi connectivity index (χ1n) is 5.68. The summed E-state index contributed by atoms with van der Waals surface area (Å²) in [6.45, 7) is 0. The molecule has 0 aromatic carbocycles. The topological polar surface area (TPSA) is 136 Å². The molecular weight excluding hydrogens is 290 g/mol. The van der Waals surface area contributed by atoms with Crippen LogP contribution in [0.15, 0.2) is 17.5 Å². The van der Waals surface area contributed by atoms with E-state index in [4.69, 9.17) is 9.84 Å². The number of aliphatic hydroxyl groups is 3. The molecule has 1 aromatic heterocycles. The standard InChI is InChI=1S/C11H13NO7S/c13-5-6(14)8(11(17)18)19-10(7(5)15)12-9(16)4-2-1-3-20-4/h1-3,5-8,10,13-15H,(H,12,16)(H,17,18). The molecule has 5 atom stereocenters. The fourth-order valence-corrected chi connectivity index (χ4v) is 2.44. The number of nitrogens with one attached hydrogen (secondary N) is 1. The molecule has 2 rings (SSSR count). The molecule has 9 heteroatoms. The lowest BCUT2D eigenvalue weighted by molar-refractivity contribution is -0.231. The first-order valence-corrected chi connectivity index (χ1v) is 6.56. The predicted octanol–water partition coefficient (Wildman–Crippen LogP) is -1.63. The van der Waals surface area contributed by atoms with Crippen molar-refractivity contribution in [2.75, 3.05) is 0 Å². The molecule has 20 heavy (non-hydrogen) atoms. The molecule has 5 N–H and O–H groups in total. The van der Waals surface area contributed by atoms with E-state index in [0.29, 0.717) is 4.88 Å². The Morgan fingerprint density at radius 1 is 1.20 bits per heavy atom. The van der Waals surface area contributed by atoms with Gasteiger partial charge in [0.25, 0.3) is 5.91 Å². The maximum Gasteiger partial charge on any atom is 0.335 e. The van der Waals surface area contributed by atoms with Crippen molar-refractivity contribution in [1.29, 1.82) is 0 Å². The summed E-state index contributed by atoms with van der Waals surface area (Å²) >= 11 is 1.15. The summed E-state index contributed by atoms with van der Waals surface area (Å²) in [5.41, 5.74) is 0. The quantitative estimate of drug-likeness (QED) is 0.452. The first-order chi connectivity index (χ1) is 9.41. The summed E-state index contributed by atoms with van der Waals surface area (Å²) in [5.74, 6) is -2.07. The molecule has 1 aliphatic heterocycles. The van der Waals surface area contributed by atoms with Gasteiger partial charge < -0.3 is 30.5 Å². The van der Waals surface area contributed by atoms with E-state index in [9.17, 15) is 24.9 Å². The Hall–Kier alpha value is -1.52. The number of carboxylic acids is 1. The summed E-state index contributed by atoms with van der Waals surface area (Å²) in [5, 5.41) is 41.6. The van der Waals surface area contributed by atoms with Crippen molar-refractivity contribution in [2.45, 2.75) is 30.6 Å². The highest BCUT2D eigenvalue weighted by Gasteiger charge is 2.47. The Morgan fingerprint density at radius 2 is 1.90 bits per heavy atom. The largest absolute Gasteiger partial charge is 0.479 e. The third kappa shape index (κ3) is 2.81. The fourth-order valence-electron chi connectivity index (χ4n) is 1.81. The monoisotopic (exact) mass is 303 g/mol. The Balaban J connectivity index is 2.10. The van der Waals surface area contributed by atoms with Crippen LogP contribution in [0.4, 0.5) is 0 Å². The van der Waals surface area contributed by atoms with E-state index in [1.54, 1.807) is 11.4 Å². The van der Waals surface area contributed by atoms with Crippen molar-refractivity contribution in [3.8, 4) is 0 Å². The Morgan fingerprint density at radius 3 is 2.45 bits per heavy atom. The summed E-state index contributed by atoms with van der Waals surface area (Å²) in [4.78, 5) is 23.0. The zero-order valence-electron chi connectivity index (χ0n) is 10.0. The van der Waals surface area contributed by atoms with Gasteiger partial charge >= 0.3 is 5.97 Å². The van der Waals surface area contributed by atoms with Crippen LogP contribution < -0.4 is 5.32 Å². The highest BCUT2D eigenvalue weighted by molar-refractivity contribution is 7.12. The van der Waals surface area contributed by atoms with E-state index in [2.05, 4.69) is 5.32 Å². The van der Waals surface area contributed by atoms with Crippen molar-refractivity contribution in [2.24, 2.45) is 0 Å². The Labute approximate surface area is 117 Å². The molecule has 1 aromatic rings. The molecule has 5 unspecified atom stereocenters. The second-order valence-corrected chi connectivity index (χ2v) is 5.19. The van der Waals surface area contributed by atoms with Gasteiger partial charge in [0, 0.05) is 0 Å². The second-order valence-electron chi connectivity index (χ2n) is 4.24. The van der Waals surface area contributed by atoms with Crippen LogP contribution in [0.1, 0.15) is 9.67 Å². The van der Waals surface area contributed by atoms with Crippen LogP contribution in [0.2, 0.25) is 0 Å². The van der Waals surface area contributed by atoms with Crippen LogP contribution in [0.3, 0.4) is 0 Å². The molecule has 0 radical (unpaired) electrons. The van der Waals surface area contributed by atoms with E-state index < -0.39 is 42.5 Å². The molecule has 1 fully saturated rings. The third-order valence-electron chi connectivity index (χ3n) is 2.88. The number of carboxylic acid groups (broad SMARTS) is 1. The zero-order chi connectivity index (χ0) is 14.9. The zero-order valence-corrected chi connectivity index (χ0v) is 10.9. The van der Waals surface area contributed by atoms with Crippen LogP contribution >= 0.6 is 11.3 Å². The molecule has 0 spiro atoms. The highest BCUT2D eigenvalue weighted by atomic mass is 32.1. The van der Waals surface area contributed by atoms with Crippen LogP contribution in [0, 0.1) is 0 Å². The summed E-state index contributed by atoms with van der Waals surface area (Å²) in [7, 11) is 0. The molecular formula is C11H13NO7S. The van der Waals surface area contributed by atoms with Gasteiger partial charge in [-0.3, -0.25) is 4.79 Å². The SMILES string of the molecule is O=C(NC1OC(C(=O)O)C(O)C(O)C1O)c1cccs1. The van der Waals surface area contributed by atoms with Crippen LogP contribution in [0.25, 0.3) is 0 Å². The number of thiophene rings is 1.